The van der Waals surface area contributed by atoms with E-state index < -0.39 is 16.0 Å². The van der Waals surface area contributed by atoms with E-state index in [1.54, 1.807) is 0 Å². The van der Waals surface area contributed by atoms with E-state index in [4.69, 9.17) is 14.5 Å². The number of thiophene rings is 1. The number of hydrogen-bond donors (Lipinski definition) is 2. The first kappa shape index (κ1) is 27.1. The Bertz CT molecular complexity index is 1350. The third-order valence-electron chi connectivity index (χ3n) is 6.65. The number of carbonyl (C=O) groups is 1. The maximum absolute atomic E-state index is 12.9. The molecule has 1 aliphatic carbocycles. The van der Waals surface area contributed by atoms with Crippen LogP contribution >= 0.6 is 11.3 Å². The largest absolute Gasteiger partial charge is 0.494 e. The van der Waals surface area contributed by atoms with Gasteiger partial charge in [0.05, 0.1) is 19.7 Å². The number of aromatic nitrogens is 2. The van der Waals surface area contributed by atoms with Gasteiger partial charge in [0.1, 0.15) is 11.4 Å². The van der Waals surface area contributed by atoms with E-state index in [1.165, 1.54) is 19.6 Å². The highest BCUT2D eigenvalue weighted by Gasteiger charge is 2.29. The summed E-state index contributed by atoms with van der Waals surface area (Å²) in [4.78, 5) is 23.3. The zero-order valence-electron chi connectivity index (χ0n) is 21.5. The van der Waals surface area contributed by atoms with Crippen LogP contribution in [0.5, 0.6) is 5.75 Å². The van der Waals surface area contributed by atoms with Gasteiger partial charge in [0, 0.05) is 38.0 Å². The van der Waals surface area contributed by atoms with Crippen LogP contribution in [0.3, 0.4) is 0 Å². The number of anilines is 2. The molecule has 0 amide bonds. The summed E-state index contributed by atoms with van der Waals surface area (Å²) in [6, 6.07) is 7.97. The van der Waals surface area contributed by atoms with Crippen LogP contribution in [0.25, 0.3) is 10.9 Å². The number of nitrogens with zero attached hydrogens (tertiary/aromatic N) is 3. The minimum atomic E-state index is -3.81. The number of nitrogens with one attached hydrogen (secondary N) is 2. The lowest BCUT2D eigenvalue weighted by Crippen LogP contribution is -2.32. The molecule has 1 aromatic carbocycles. The third kappa shape index (κ3) is 6.13. The number of benzene rings is 1. The number of sulfonamides is 1. The fraction of sp³-hybridized carbons (Fsp3) is 0.480. The van der Waals surface area contributed by atoms with Gasteiger partial charge in [-0.1, -0.05) is 12.1 Å². The Morgan fingerprint density at radius 1 is 1.08 bits per heavy atom. The highest BCUT2D eigenvalue weighted by Crippen LogP contribution is 2.35. The van der Waals surface area contributed by atoms with Crippen molar-refractivity contribution in [2.45, 2.75) is 29.9 Å². The monoisotopic (exact) mass is 547 g/mol. The molecule has 1 aliphatic rings. The fourth-order valence-corrected chi connectivity index (χ4v) is 7.19. The molecule has 1 fully saturated rings. The van der Waals surface area contributed by atoms with Crippen molar-refractivity contribution >= 4 is 50.0 Å². The van der Waals surface area contributed by atoms with Gasteiger partial charge in [0.25, 0.3) is 10.0 Å². The van der Waals surface area contributed by atoms with Crippen LogP contribution < -0.4 is 19.7 Å². The summed E-state index contributed by atoms with van der Waals surface area (Å²) in [6.07, 6.45) is 3.82. The maximum Gasteiger partial charge on any atom is 0.342 e. The smallest absolute Gasteiger partial charge is 0.342 e. The number of esters is 1. The molecule has 4 rings (SSSR count). The molecule has 0 unspecified atom stereocenters. The number of ether oxygens (including phenoxy) is 2. The summed E-state index contributed by atoms with van der Waals surface area (Å²) >= 11 is 0.947. The van der Waals surface area contributed by atoms with Crippen LogP contribution in [0.15, 0.2) is 33.9 Å². The Hall–Kier alpha value is -2.96. The van der Waals surface area contributed by atoms with E-state index in [2.05, 4.69) is 15.0 Å². The number of rotatable bonds is 10. The van der Waals surface area contributed by atoms with Crippen molar-refractivity contribution in [3.05, 3.63) is 35.2 Å². The van der Waals surface area contributed by atoms with E-state index in [1.807, 2.05) is 43.3 Å². The summed E-state index contributed by atoms with van der Waals surface area (Å²) in [5.41, 5.74) is 1.01. The number of methoxy groups -OCH3 is 2. The second-order valence-electron chi connectivity index (χ2n) is 9.36. The molecule has 10 nitrogen and oxygen atoms in total. The van der Waals surface area contributed by atoms with Crippen LogP contribution in [-0.2, 0) is 14.8 Å². The van der Waals surface area contributed by atoms with Crippen molar-refractivity contribution in [2.75, 3.05) is 51.6 Å². The molecule has 0 aliphatic heterocycles. The minimum absolute atomic E-state index is 0.0132. The van der Waals surface area contributed by atoms with Gasteiger partial charge in [-0.15, -0.1) is 11.3 Å². The summed E-state index contributed by atoms with van der Waals surface area (Å²) < 4.78 is 38.4. The molecule has 12 heteroatoms. The number of carbonyl (C=O) groups excluding carboxylic acids is 1. The van der Waals surface area contributed by atoms with Gasteiger partial charge < -0.3 is 19.7 Å². The highest BCUT2D eigenvalue weighted by molar-refractivity contribution is 7.91. The average Bonchev–Trinajstić information content (AvgIpc) is 3.35. The molecule has 2 aromatic heterocycles. The van der Waals surface area contributed by atoms with Crippen LogP contribution in [-0.4, -0.2) is 65.8 Å². The average molecular weight is 548 g/mol. The Morgan fingerprint density at radius 2 is 1.76 bits per heavy atom. The maximum atomic E-state index is 12.9. The number of hydrogen-bond acceptors (Lipinski definition) is 10. The Labute approximate surface area is 221 Å². The summed E-state index contributed by atoms with van der Waals surface area (Å²) in [5.74, 6) is 1.60. The van der Waals surface area contributed by atoms with Crippen molar-refractivity contribution in [2.24, 2.45) is 11.8 Å². The van der Waals surface area contributed by atoms with Crippen molar-refractivity contribution in [3.8, 4) is 5.75 Å². The van der Waals surface area contributed by atoms with Gasteiger partial charge >= 0.3 is 5.97 Å². The zero-order valence-corrected chi connectivity index (χ0v) is 23.1. The lowest BCUT2D eigenvalue weighted by atomic mass is 9.82. The van der Waals surface area contributed by atoms with Crippen LogP contribution in [0, 0.1) is 11.8 Å². The van der Waals surface area contributed by atoms with E-state index in [-0.39, 0.29) is 21.4 Å². The van der Waals surface area contributed by atoms with Gasteiger partial charge in [0.15, 0.2) is 9.96 Å². The zero-order chi connectivity index (χ0) is 26.6. The van der Waals surface area contributed by atoms with E-state index in [0.717, 1.165) is 60.3 Å². The molecule has 0 spiro atoms. The highest BCUT2D eigenvalue weighted by atomic mass is 32.2. The number of fused-ring (bicyclic) bond motifs is 1. The first-order chi connectivity index (χ1) is 17.7. The van der Waals surface area contributed by atoms with Crippen LogP contribution in [0.2, 0.25) is 0 Å². The second kappa shape index (κ2) is 11.6. The summed E-state index contributed by atoms with van der Waals surface area (Å²) in [7, 11) is 2.72. The van der Waals surface area contributed by atoms with Gasteiger partial charge in [-0.3, -0.25) is 0 Å². The predicted molar refractivity (Wildman–Crippen MR) is 145 cm³/mol. The molecular weight excluding hydrogens is 514 g/mol. The molecule has 1 saturated carbocycles. The van der Waals surface area contributed by atoms with Gasteiger partial charge in [0.2, 0.25) is 5.95 Å². The van der Waals surface area contributed by atoms with E-state index in [0.29, 0.717) is 18.4 Å². The Morgan fingerprint density at radius 3 is 2.41 bits per heavy atom. The predicted octanol–water partition coefficient (Wildman–Crippen LogP) is 3.75. The molecule has 0 bridgehead atoms. The molecule has 3 aromatic rings. The van der Waals surface area contributed by atoms with Gasteiger partial charge in [-0.2, -0.15) is 4.98 Å². The number of para-hydroxylation sites is 1. The lowest BCUT2D eigenvalue weighted by molar-refractivity contribution is 0.0597. The van der Waals surface area contributed by atoms with Crippen molar-refractivity contribution in [3.63, 3.8) is 0 Å². The SMILES string of the molecule is COC(=O)c1csc(S(=O)(=O)NCC2CCC(CNc3nc(N(C)C)c4ccccc4n3)CC2)c1OC. The van der Waals surface area contributed by atoms with Gasteiger partial charge in [-0.05, 0) is 49.7 Å². The molecule has 2 heterocycles. The van der Waals surface area contributed by atoms with E-state index >= 15 is 0 Å². The summed E-state index contributed by atoms with van der Waals surface area (Å²) in [6.45, 7) is 1.11. The summed E-state index contributed by atoms with van der Waals surface area (Å²) in [5, 5.41) is 5.87. The second-order valence-corrected chi connectivity index (χ2v) is 12.2. The first-order valence-corrected chi connectivity index (χ1v) is 14.5. The van der Waals surface area contributed by atoms with Crippen molar-refractivity contribution in [1.82, 2.24) is 14.7 Å². The van der Waals surface area contributed by atoms with Crippen molar-refractivity contribution < 1.29 is 22.7 Å². The standard InChI is InChI=1S/C25H33N5O5S2/c1-30(2)22-18-7-5-6-8-20(18)28-25(29-22)26-13-16-9-11-17(12-10-16)14-27-37(32,33)24-21(34-3)19(15-36-24)23(31)35-4/h5-8,15-17,27H,9-14H2,1-4H3,(H,26,28,29). The molecular formula is C25H33N5O5S2. The first-order valence-electron chi connectivity index (χ1n) is 12.1. The molecule has 0 radical (unpaired) electrons. The minimum Gasteiger partial charge on any atom is -0.494 e. The van der Waals surface area contributed by atoms with Crippen LogP contribution in [0.1, 0.15) is 36.0 Å². The van der Waals surface area contributed by atoms with Crippen LogP contribution in [0.4, 0.5) is 11.8 Å². The Kier molecular flexibility index (Phi) is 8.50. The Balaban J connectivity index is 1.30. The third-order valence-corrected chi connectivity index (χ3v) is 9.57. The molecule has 0 atom stereocenters. The normalized spacial score (nSPS) is 17.9. The fourth-order valence-electron chi connectivity index (χ4n) is 4.61. The van der Waals surface area contributed by atoms with E-state index in [9.17, 15) is 13.2 Å². The quantitative estimate of drug-likeness (QED) is 0.365. The molecule has 200 valence electrons. The van der Waals surface area contributed by atoms with Crippen molar-refractivity contribution in [1.29, 1.82) is 0 Å². The molecule has 2 N–H and O–H groups in total. The lowest BCUT2D eigenvalue weighted by Gasteiger charge is -2.28. The molecule has 37 heavy (non-hydrogen) atoms. The topological polar surface area (TPSA) is 123 Å². The molecule has 0 saturated heterocycles. The van der Waals surface area contributed by atoms with Gasteiger partial charge in [-0.25, -0.2) is 22.9 Å².